The van der Waals surface area contributed by atoms with Crippen LogP contribution in [0.1, 0.15) is 5.56 Å². The van der Waals surface area contributed by atoms with Crippen molar-refractivity contribution < 1.29 is 18.3 Å². The van der Waals surface area contributed by atoms with E-state index in [9.17, 15) is 13.6 Å². The van der Waals surface area contributed by atoms with Gasteiger partial charge < -0.3 is 10.1 Å². The van der Waals surface area contributed by atoms with Gasteiger partial charge in [0.25, 0.3) is 0 Å². The molecule has 1 heterocycles. The van der Waals surface area contributed by atoms with Crippen LogP contribution in [0.4, 0.5) is 14.5 Å². The Bertz CT molecular complexity index is 559. The van der Waals surface area contributed by atoms with E-state index >= 15 is 0 Å². The zero-order valence-corrected chi connectivity index (χ0v) is 10.4. The van der Waals surface area contributed by atoms with Crippen molar-refractivity contribution >= 4 is 11.6 Å². The Labute approximate surface area is 114 Å². The number of amides is 1. The lowest BCUT2D eigenvalue weighted by Crippen LogP contribution is -2.14. The van der Waals surface area contributed by atoms with Gasteiger partial charge in [-0.15, -0.1) is 0 Å². The molecule has 0 bridgehead atoms. The SMILES string of the molecule is O=C(Cc1ccc(OC(F)F)cc1)Nc1ccncc1. The number of pyridine rings is 1. The maximum absolute atomic E-state index is 12.0. The van der Waals surface area contributed by atoms with Gasteiger partial charge in [-0.3, -0.25) is 9.78 Å². The smallest absolute Gasteiger partial charge is 0.387 e. The third-order valence-electron chi connectivity index (χ3n) is 2.48. The van der Waals surface area contributed by atoms with Crippen molar-refractivity contribution in [1.29, 1.82) is 0 Å². The van der Waals surface area contributed by atoms with E-state index in [1.165, 1.54) is 12.1 Å². The van der Waals surface area contributed by atoms with E-state index in [1.807, 2.05) is 0 Å². The van der Waals surface area contributed by atoms with Crippen LogP contribution in [0.15, 0.2) is 48.8 Å². The fourth-order valence-corrected chi connectivity index (χ4v) is 1.61. The summed E-state index contributed by atoms with van der Waals surface area (Å²) in [5, 5.41) is 2.71. The zero-order valence-electron chi connectivity index (χ0n) is 10.4. The number of anilines is 1. The first-order valence-electron chi connectivity index (χ1n) is 5.87. The Morgan fingerprint density at radius 3 is 2.40 bits per heavy atom. The number of hydrogen-bond acceptors (Lipinski definition) is 3. The van der Waals surface area contributed by atoms with Crippen LogP contribution < -0.4 is 10.1 Å². The van der Waals surface area contributed by atoms with Crippen molar-refractivity contribution in [3.63, 3.8) is 0 Å². The van der Waals surface area contributed by atoms with Crippen molar-refractivity contribution in [2.45, 2.75) is 13.0 Å². The first-order chi connectivity index (χ1) is 9.63. The predicted molar refractivity (Wildman–Crippen MR) is 69.6 cm³/mol. The van der Waals surface area contributed by atoms with Gasteiger partial charge in [-0.05, 0) is 29.8 Å². The van der Waals surface area contributed by atoms with Gasteiger partial charge in [0.15, 0.2) is 0 Å². The molecule has 2 aromatic rings. The summed E-state index contributed by atoms with van der Waals surface area (Å²) < 4.78 is 28.2. The number of carbonyl (C=O) groups excluding carboxylic acids is 1. The molecule has 2 rings (SSSR count). The van der Waals surface area contributed by atoms with Gasteiger partial charge in [0.1, 0.15) is 5.75 Å². The minimum Gasteiger partial charge on any atom is -0.435 e. The molecule has 1 aromatic carbocycles. The average Bonchev–Trinajstić information content (AvgIpc) is 2.41. The van der Waals surface area contributed by atoms with Gasteiger partial charge in [0.2, 0.25) is 5.91 Å². The van der Waals surface area contributed by atoms with Gasteiger partial charge in [0.05, 0.1) is 6.42 Å². The number of benzene rings is 1. The summed E-state index contributed by atoms with van der Waals surface area (Å²) in [5.74, 6) is -0.128. The number of alkyl halides is 2. The minimum absolute atomic E-state index is 0.0679. The van der Waals surface area contributed by atoms with Crippen LogP contribution in [0.25, 0.3) is 0 Å². The first-order valence-corrected chi connectivity index (χ1v) is 5.87. The van der Waals surface area contributed by atoms with Gasteiger partial charge in [0, 0.05) is 18.1 Å². The predicted octanol–water partition coefficient (Wildman–Crippen LogP) is 2.86. The highest BCUT2D eigenvalue weighted by Gasteiger charge is 2.06. The highest BCUT2D eigenvalue weighted by Crippen LogP contribution is 2.15. The molecule has 0 atom stereocenters. The lowest BCUT2D eigenvalue weighted by atomic mass is 10.1. The topological polar surface area (TPSA) is 51.2 Å². The summed E-state index contributed by atoms with van der Waals surface area (Å²) in [4.78, 5) is 15.6. The van der Waals surface area contributed by atoms with Crippen molar-refractivity contribution in [2.24, 2.45) is 0 Å². The standard InChI is InChI=1S/C14H12F2N2O2/c15-14(16)20-12-3-1-10(2-4-12)9-13(19)18-11-5-7-17-8-6-11/h1-8,14H,9H2,(H,17,18,19). The lowest BCUT2D eigenvalue weighted by Gasteiger charge is -2.07. The van der Waals surface area contributed by atoms with Crippen LogP contribution in [-0.4, -0.2) is 17.5 Å². The Kier molecular flexibility index (Phi) is 4.60. The summed E-state index contributed by atoms with van der Waals surface area (Å²) in [5.41, 5.74) is 1.36. The van der Waals surface area contributed by atoms with Gasteiger partial charge >= 0.3 is 6.61 Å². The van der Waals surface area contributed by atoms with Crippen molar-refractivity contribution in [2.75, 3.05) is 5.32 Å². The van der Waals surface area contributed by atoms with Crippen LogP contribution in [0, 0.1) is 0 Å². The van der Waals surface area contributed by atoms with Crippen LogP contribution in [0.2, 0.25) is 0 Å². The molecule has 0 radical (unpaired) electrons. The van der Waals surface area contributed by atoms with E-state index < -0.39 is 6.61 Å². The van der Waals surface area contributed by atoms with E-state index in [-0.39, 0.29) is 18.1 Å². The summed E-state index contributed by atoms with van der Waals surface area (Å²) in [7, 11) is 0. The fraction of sp³-hybridized carbons (Fsp3) is 0.143. The molecule has 6 heteroatoms. The van der Waals surface area contributed by atoms with Crippen LogP contribution in [-0.2, 0) is 11.2 Å². The number of aromatic nitrogens is 1. The second kappa shape index (κ2) is 6.60. The number of carbonyl (C=O) groups is 1. The van der Waals surface area contributed by atoms with Crippen molar-refractivity contribution in [3.8, 4) is 5.75 Å². The second-order valence-corrected chi connectivity index (χ2v) is 3.98. The highest BCUT2D eigenvalue weighted by atomic mass is 19.3. The number of hydrogen-bond donors (Lipinski definition) is 1. The fourth-order valence-electron chi connectivity index (χ4n) is 1.61. The third-order valence-corrected chi connectivity index (χ3v) is 2.48. The molecule has 0 aliphatic rings. The summed E-state index contributed by atoms with van der Waals surface area (Å²) >= 11 is 0. The number of nitrogens with one attached hydrogen (secondary N) is 1. The zero-order chi connectivity index (χ0) is 14.4. The molecule has 20 heavy (non-hydrogen) atoms. The molecule has 0 aliphatic carbocycles. The molecule has 0 fully saturated rings. The Balaban J connectivity index is 1.91. The molecule has 0 aliphatic heterocycles. The van der Waals surface area contributed by atoms with Crippen molar-refractivity contribution in [3.05, 3.63) is 54.4 Å². The maximum Gasteiger partial charge on any atom is 0.387 e. The van der Waals surface area contributed by atoms with E-state index in [1.54, 1.807) is 36.7 Å². The van der Waals surface area contributed by atoms with E-state index in [4.69, 9.17) is 0 Å². The number of halogens is 2. The Hall–Kier alpha value is -2.50. The molecule has 104 valence electrons. The number of ether oxygens (including phenoxy) is 1. The van der Waals surface area contributed by atoms with Crippen LogP contribution in [0.5, 0.6) is 5.75 Å². The van der Waals surface area contributed by atoms with Gasteiger partial charge in [-0.1, -0.05) is 12.1 Å². The van der Waals surface area contributed by atoms with E-state index in [0.29, 0.717) is 11.3 Å². The van der Waals surface area contributed by atoms with Gasteiger partial charge in [-0.2, -0.15) is 8.78 Å². The first kappa shape index (κ1) is 13.9. The molecule has 1 N–H and O–H groups in total. The molecule has 0 saturated heterocycles. The van der Waals surface area contributed by atoms with Crippen molar-refractivity contribution in [1.82, 2.24) is 4.98 Å². The molecule has 4 nitrogen and oxygen atoms in total. The minimum atomic E-state index is -2.85. The second-order valence-electron chi connectivity index (χ2n) is 3.98. The molecule has 1 aromatic heterocycles. The summed E-state index contributed by atoms with van der Waals surface area (Å²) in [6.07, 6.45) is 3.30. The lowest BCUT2D eigenvalue weighted by molar-refractivity contribution is -0.115. The molecular weight excluding hydrogens is 266 g/mol. The highest BCUT2D eigenvalue weighted by molar-refractivity contribution is 5.92. The summed E-state index contributed by atoms with van der Waals surface area (Å²) in [6.45, 7) is -2.85. The molecule has 0 unspecified atom stereocenters. The monoisotopic (exact) mass is 278 g/mol. The molecule has 0 spiro atoms. The van der Waals surface area contributed by atoms with E-state index in [2.05, 4.69) is 15.0 Å². The Morgan fingerprint density at radius 1 is 1.15 bits per heavy atom. The van der Waals surface area contributed by atoms with Crippen LogP contribution >= 0.6 is 0 Å². The third kappa shape index (κ3) is 4.31. The van der Waals surface area contributed by atoms with E-state index in [0.717, 1.165) is 0 Å². The van der Waals surface area contributed by atoms with Crippen LogP contribution in [0.3, 0.4) is 0 Å². The molecular formula is C14H12F2N2O2. The van der Waals surface area contributed by atoms with Gasteiger partial charge in [-0.25, -0.2) is 0 Å². The largest absolute Gasteiger partial charge is 0.435 e. The molecule has 1 amide bonds. The quantitative estimate of drug-likeness (QED) is 0.915. The average molecular weight is 278 g/mol. The normalized spacial score (nSPS) is 10.3. The molecule has 0 saturated carbocycles. The number of nitrogens with zero attached hydrogens (tertiary/aromatic N) is 1. The maximum atomic E-state index is 12.0. The number of rotatable bonds is 5. The Morgan fingerprint density at radius 2 is 1.80 bits per heavy atom. The summed E-state index contributed by atoms with van der Waals surface area (Å²) in [6, 6.07) is 9.31.